The Balaban J connectivity index is 2.26. The summed E-state index contributed by atoms with van der Waals surface area (Å²) in [5.41, 5.74) is -2.12. The highest BCUT2D eigenvalue weighted by atomic mass is 19.4. The third-order valence-electron chi connectivity index (χ3n) is 3.89. The van der Waals surface area contributed by atoms with Gasteiger partial charge in [0, 0.05) is 24.4 Å². The fourth-order valence-corrected chi connectivity index (χ4v) is 2.69. The number of rotatable bonds is 2. The number of hydrogen-bond donors (Lipinski definition) is 0. The zero-order valence-electron chi connectivity index (χ0n) is 13.2. The van der Waals surface area contributed by atoms with Crippen LogP contribution in [0.5, 0.6) is 0 Å². The second-order valence-corrected chi connectivity index (χ2v) is 5.63. The highest BCUT2D eigenvalue weighted by molar-refractivity contribution is 5.79. The van der Waals surface area contributed by atoms with E-state index in [9.17, 15) is 26.7 Å². The van der Waals surface area contributed by atoms with Crippen molar-refractivity contribution < 1.29 is 22.0 Å². The van der Waals surface area contributed by atoms with Gasteiger partial charge in [0.05, 0.1) is 17.5 Å². The minimum Gasteiger partial charge on any atom is -0.268 e. The number of nitrogens with zero attached hydrogens (tertiary/aromatic N) is 3. The molecule has 0 radical (unpaired) electrons. The summed E-state index contributed by atoms with van der Waals surface area (Å²) < 4.78 is 68.7. The lowest BCUT2D eigenvalue weighted by Gasteiger charge is -2.09. The van der Waals surface area contributed by atoms with E-state index in [2.05, 4.69) is 4.98 Å². The van der Waals surface area contributed by atoms with Crippen molar-refractivity contribution in [2.45, 2.75) is 19.6 Å². The maximum atomic E-state index is 13.8. The molecule has 0 saturated carbocycles. The predicted molar refractivity (Wildman–Crippen MR) is 80.2 cm³/mol. The molecule has 3 rings (SSSR count). The van der Waals surface area contributed by atoms with Crippen LogP contribution in [0.2, 0.25) is 0 Å². The van der Waals surface area contributed by atoms with Crippen molar-refractivity contribution in [3.8, 4) is 0 Å². The van der Waals surface area contributed by atoms with E-state index in [1.165, 1.54) is 14.0 Å². The van der Waals surface area contributed by atoms with Gasteiger partial charge in [-0.25, -0.2) is 18.4 Å². The van der Waals surface area contributed by atoms with Crippen molar-refractivity contribution in [1.29, 1.82) is 0 Å². The Hall–Kier alpha value is -2.71. The van der Waals surface area contributed by atoms with E-state index in [0.717, 1.165) is 27.6 Å². The van der Waals surface area contributed by atoms with Gasteiger partial charge in [0.15, 0.2) is 5.65 Å². The maximum Gasteiger partial charge on any atom is 0.417 e. The van der Waals surface area contributed by atoms with E-state index in [4.69, 9.17) is 0 Å². The number of hydrogen-bond acceptors (Lipinski definition) is 2. The third-order valence-corrected chi connectivity index (χ3v) is 3.89. The lowest BCUT2D eigenvalue weighted by molar-refractivity contribution is -0.136. The summed E-state index contributed by atoms with van der Waals surface area (Å²) in [7, 11) is 1.36. The number of pyridine rings is 1. The molecule has 0 unspecified atom stereocenters. The highest BCUT2D eigenvalue weighted by Gasteiger charge is 2.36. The van der Waals surface area contributed by atoms with Gasteiger partial charge >= 0.3 is 6.18 Å². The van der Waals surface area contributed by atoms with Crippen LogP contribution >= 0.6 is 0 Å². The first kappa shape index (κ1) is 17.1. The van der Waals surface area contributed by atoms with E-state index in [0.29, 0.717) is 6.07 Å². The van der Waals surface area contributed by atoms with Gasteiger partial charge in [-0.2, -0.15) is 13.2 Å². The van der Waals surface area contributed by atoms with Crippen molar-refractivity contribution in [2.75, 3.05) is 0 Å². The van der Waals surface area contributed by atoms with Crippen molar-refractivity contribution in [3.63, 3.8) is 0 Å². The van der Waals surface area contributed by atoms with Crippen molar-refractivity contribution in [1.82, 2.24) is 14.3 Å². The standard InChI is InChI=1S/C16H12F5N3O/c1-8-5-11(16(19,20)21)13-14(22-8)23(2)24(15(13)25)7-9-3-4-10(17)6-12(9)18/h3-6H,7H2,1-2H3. The molecule has 25 heavy (non-hydrogen) atoms. The van der Waals surface area contributed by atoms with Gasteiger partial charge in [-0.15, -0.1) is 0 Å². The molecule has 0 aliphatic carbocycles. The molecule has 0 amide bonds. The maximum absolute atomic E-state index is 13.8. The molecule has 0 fully saturated rings. The first-order valence-corrected chi connectivity index (χ1v) is 7.18. The van der Waals surface area contributed by atoms with Gasteiger partial charge < -0.3 is 0 Å². The number of alkyl halides is 3. The predicted octanol–water partition coefficient (Wildman–Crippen LogP) is 3.39. The largest absolute Gasteiger partial charge is 0.417 e. The Labute approximate surface area is 138 Å². The Morgan fingerprint density at radius 3 is 2.44 bits per heavy atom. The average molecular weight is 357 g/mol. The summed E-state index contributed by atoms with van der Waals surface area (Å²) in [5.74, 6) is -1.68. The van der Waals surface area contributed by atoms with Crippen LogP contribution in [0.4, 0.5) is 22.0 Å². The minimum absolute atomic E-state index is 0.0281. The van der Waals surface area contributed by atoms with Crippen LogP contribution in [0.15, 0.2) is 29.1 Å². The Kier molecular flexibility index (Phi) is 3.89. The van der Waals surface area contributed by atoms with Gasteiger partial charge in [0.1, 0.15) is 11.6 Å². The van der Waals surface area contributed by atoms with Crippen LogP contribution in [-0.4, -0.2) is 14.3 Å². The Morgan fingerprint density at radius 2 is 1.84 bits per heavy atom. The smallest absolute Gasteiger partial charge is 0.268 e. The summed E-state index contributed by atoms with van der Waals surface area (Å²) in [6.07, 6.45) is -4.73. The number of fused-ring (bicyclic) bond motifs is 1. The second-order valence-electron chi connectivity index (χ2n) is 5.63. The van der Waals surface area contributed by atoms with Crippen LogP contribution in [0.25, 0.3) is 11.0 Å². The zero-order chi connectivity index (χ0) is 18.5. The lowest BCUT2D eigenvalue weighted by atomic mass is 10.1. The number of aryl methyl sites for hydroxylation is 2. The molecule has 0 N–H and O–H groups in total. The molecule has 0 aliphatic heterocycles. The lowest BCUT2D eigenvalue weighted by Crippen LogP contribution is -2.23. The summed E-state index contributed by atoms with van der Waals surface area (Å²) in [6.45, 7) is 1.03. The molecule has 0 saturated heterocycles. The van der Waals surface area contributed by atoms with E-state index < -0.39 is 34.3 Å². The van der Waals surface area contributed by atoms with Crippen LogP contribution in [-0.2, 0) is 19.8 Å². The number of benzene rings is 1. The van der Waals surface area contributed by atoms with Crippen LogP contribution in [0, 0.1) is 18.6 Å². The molecule has 1 aromatic carbocycles. The molecule has 0 atom stereocenters. The minimum atomic E-state index is -4.73. The number of aromatic nitrogens is 3. The van der Waals surface area contributed by atoms with Gasteiger partial charge in [-0.3, -0.25) is 9.48 Å². The average Bonchev–Trinajstić information content (AvgIpc) is 2.73. The van der Waals surface area contributed by atoms with E-state index in [1.807, 2.05) is 0 Å². The van der Waals surface area contributed by atoms with Crippen molar-refractivity contribution in [3.05, 3.63) is 63.1 Å². The van der Waals surface area contributed by atoms with Crippen LogP contribution in [0.3, 0.4) is 0 Å². The van der Waals surface area contributed by atoms with Gasteiger partial charge in [-0.1, -0.05) is 6.07 Å². The van der Waals surface area contributed by atoms with Gasteiger partial charge in [0.2, 0.25) is 0 Å². The normalized spacial score (nSPS) is 12.1. The molecular formula is C16H12F5N3O. The van der Waals surface area contributed by atoms with Crippen molar-refractivity contribution in [2.24, 2.45) is 7.05 Å². The molecular weight excluding hydrogens is 345 g/mol. The van der Waals surface area contributed by atoms with E-state index in [1.54, 1.807) is 0 Å². The fraction of sp³-hybridized carbons (Fsp3) is 0.250. The number of halogens is 5. The summed E-state index contributed by atoms with van der Waals surface area (Å²) in [5, 5.41) is -0.580. The summed E-state index contributed by atoms with van der Waals surface area (Å²) in [4.78, 5) is 16.5. The Bertz CT molecular complexity index is 1030. The zero-order valence-corrected chi connectivity index (χ0v) is 13.2. The first-order valence-electron chi connectivity index (χ1n) is 7.18. The molecule has 132 valence electrons. The van der Waals surface area contributed by atoms with Crippen LogP contribution < -0.4 is 5.56 Å². The molecule has 0 spiro atoms. The monoisotopic (exact) mass is 357 g/mol. The molecule has 2 heterocycles. The van der Waals surface area contributed by atoms with E-state index >= 15 is 0 Å². The molecule has 0 bridgehead atoms. The van der Waals surface area contributed by atoms with Gasteiger partial charge in [-0.05, 0) is 19.1 Å². The molecule has 0 aliphatic rings. The quantitative estimate of drug-likeness (QED) is 0.660. The Morgan fingerprint density at radius 1 is 1.16 bits per heavy atom. The molecule has 2 aromatic heterocycles. The van der Waals surface area contributed by atoms with Gasteiger partial charge in [0.25, 0.3) is 5.56 Å². The molecule has 4 nitrogen and oxygen atoms in total. The molecule has 9 heteroatoms. The summed E-state index contributed by atoms with van der Waals surface area (Å²) in [6, 6.07) is 3.59. The molecule has 3 aromatic rings. The SMILES string of the molecule is Cc1cc(C(F)(F)F)c2c(=O)n(Cc3ccc(F)cc3F)n(C)c2n1. The topological polar surface area (TPSA) is 39.8 Å². The third kappa shape index (κ3) is 2.90. The second kappa shape index (κ2) is 5.68. The summed E-state index contributed by atoms with van der Waals surface area (Å²) >= 11 is 0. The fourth-order valence-electron chi connectivity index (χ4n) is 2.69. The highest BCUT2D eigenvalue weighted by Crippen LogP contribution is 2.33. The van der Waals surface area contributed by atoms with Crippen molar-refractivity contribution >= 4 is 11.0 Å². The van der Waals surface area contributed by atoms with Crippen LogP contribution in [0.1, 0.15) is 16.8 Å². The van der Waals surface area contributed by atoms with E-state index in [-0.39, 0.29) is 23.4 Å². The first-order chi connectivity index (χ1) is 11.6.